The van der Waals surface area contributed by atoms with E-state index in [0.29, 0.717) is 5.92 Å². The van der Waals surface area contributed by atoms with Crippen molar-refractivity contribution in [2.24, 2.45) is 0 Å². The predicted molar refractivity (Wildman–Crippen MR) is 89.3 cm³/mol. The summed E-state index contributed by atoms with van der Waals surface area (Å²) in [4.78, 5) is 5.42. The summed E-state index contributed by atoms with van der Waals surface area (Å²) in [6, 6.07) is 10.6. The molecule has 1 aliphatic heterocycles. The Morgan fingerprint density at radius 3 is 3.05 bits per heavy atom. The van der Waals surface area contributed by atoms with Crippen molar-refractivity contribution in [3.8, 4) is 0 Å². The number of rotatable bonds is 3. The SMILES string of the molecule is Cc1ccc(CN2CCC[C@H](c3nnc4ccccn34)C2)s1. The second kappa shape index (κ2) is 5.82. The molecule has 4 rings (SSSR count). The molecule has 114 valence electrons. The number of likely N-dealkylation sites (tertiary alicyclic amines) is 1. The number of nitrogens with zero attached hydrogens (tertiary/aromatic N) is 4. The number of aromatic nitrogens is 3. The molecule has 0 bridgehead atoms. The van der Waals surface area contributed by atoms with Crippen LogP contribution in [0, 0.1) is 6.92 Å². The summed E-state index contributed by atoms with van der Waals surface area (Å²) in [7, 11) is 0. The Hall–Kier alpha value is -1.72. The fourth-order valence-electron chi connectivity index (χ4n) is 3.34. The molecule has 5 heteroatoms. The van der Waals surface area contributed by atoms with Crippen molar-refractivity contribution in [2.75, 3.05) is 13.1 Å². The Bertz CT molecular complexity index is 776. The third-order valence-corrected chi connectivity index (χ3v) is 5.37. The van der Waals surface area contributed by atoms with Crippen LogP contribution in [-0.4, -0.2) is 32.6 Å². The quantitative estimate of drug-likeness (QED) is 0.742. The lowest BCUT2D eigenvalue weighted by molar-refractivity contribution is 0.197. The van der Waals surface area contributed by atoms with Gasteiger partial charge in [0.15, 0.2) is 5.65 Å². The normalized spacial score (nSPS) is 19.8. The molecule has 0 spiro atoms. The molecule has 0 radical (unpaired) electrons. The molecule has 0 aliphatic carbocycles. The zero-order valence-electron chi connectivity index (χ0n) is 12.8. The number of pyridine rings is 1. The fourth-order valence-corrected chi connectivity index (χ4v) is 4.27. The summed E-state index contributed by atoms with van der Waals surface area (Å²) in [6.45, 7) is 5.50. The summed E-state index contributed by atoms with van der Waals surface area (Å²) >= 11 is 1.91. The van der Waals surface area contributed by atoms with Gasteiger partial charge in [-0.1, -0.05) is 6.07 Å². The summed E-state index contributed by atoms with van der Waals surface area (Å²) in [5.41, 5.74) is 0.948. The van der Waals surface area contributed by atoms with Gasteiger partial charge in [-0.05, 0) is 50.6 Å². The first-order valence-electron chi connectivity index (χ1n) is 7.87. The molecule has 1 fully saturated rings. The average Bonchev–Trinajstić information content (AvgIpc) is 3.14. The molecule has 22 heavy (non-hydrogen) atoms. The zero-order valence-corrected chi connectivity index (χ0v) is 13.6. The number of thiophene rings is 1. The molecule has 0 saturated carbocycles. The topological polar surface area (TPSA) is 33.4 Å². The van der Waals surface area contributed by atoms with Crippen LogP contribution in [0.2, 0.25) is 0 Å². The molecule has 0 unspecified atom stereocenters. The lowest BCUT2D eigenvalue weighted by Crippen LogP contribution is -2.34. The van der Waals surface area contributed by atoms with Gasteiger partial charge >= 0.3 is 0 Å². The fraction of sp³-hybridized carbons (Fsp3) is 0.412. The Morgan fingerprint density at radius 1 is 1.23 bits per heavy atom. The first kappa shape index (κ1) is 13.9. The van der Waals surface area contributed by atoms with E-state index < -0.39 is 0 Å². The van der Waals surface area contributed by atoms with Gasteiger partial charge in [0.2, 0.25) is 0 Å². The van der Waals surface area contributed by atoms with Crippen molar-refractivity contribution in [1.29, 1.82) is 0 Å². The van der Waals surface area contributed by atoms with E-state index in [2.05, 4.69) is 50.8 Å². The van der Waals surface area contributed by atoms with Crippen LogP contribution >= 0.6 is 11.3 Å². The molecule has 1 aliphatic rings. The van der Waals surface area contributed by atoms with Crippen molar-refractivity contribution < 1.29 is 0 Å². The van der Waals surface area contributed by atoms with Crippen LogP contribution in [0.5, 0.6) is 0 Å². The van der Waals surface area contributed by atoms with Gasteiger partial charge in [-0.2, -0.15) is 0 Å². The summed E-state index contributed by atoms with van der Waals surface area (Å²) in [5.74, 6) is 1.59. The van der Waals surface area contributed by atoms with Crippen LogP contribution < -0.4 is 0 Å². The standard InChI is InChI=1S/C17H20N4S/c1-13-7-8-15(22-13)12-20-9-4-5-14(11-20)17-19-18-16-6-2-3-10-21(16)17/h2-3,6-8,10,14H,4-5,9,11-12H2,1H3/t14-/m0/s1. The van der Waals surface area contributed by atoms with Crippen molar-refractivity contribution in [2.45, 2.75) is 32.2 Å². The van der Waals surface area contributed by atoms with E-state index in [-0.39, 0.29) is 0 Å². The lowest BCUT2D eigenvalue weighted by Gasteiger charge is -2.31. The smallest absolute Gasteiger partial charge is 0.160 e. The molecule has 4 nitrogen and oxygen atoms in total. The first-order valence-corrected chi connectivity index (χ1v) is 8.68. The van der Waals surface area contributed by atoms with Crippen LogP contribution in [-0.2, 0) is 6.54 Å². The van der Waals surface area contributed by atoms with E-state index in [0.717, 1.165) is 24.6 Å². The van der Waals surface area contributed by atoms with Gasteiger partial charge in [0.25, 0.3) is 0 Å². The summed E-state index contributed by atoms with van der Waals surface area (Å²) < 4.78 is 2.14. The highest BCUT2D eigenvalue weighted by atomic mass is 32.1. The van der Waals surface area contributed by atoms with Gasteiger partial charge in [-0.3, -0.25) is 9.30 Å². The van der Waals surface area contributed by atoms with E-state index in [9.17, 15) is 0 Å². The molecule has 3 aromatic heterocycles. The number of hydrogen-bond donors (Lipinski definition) is 0. The highest BCUT2D eigenvalue weighted by Crippen LogP contribution is 2.28. The minimum atomic E-state index is 0.479. The second-order valence-electron chi connectivity index (χ2n) is 6.07. The minimum absolute atomic E-state index is 0.479. The highest BCUT2D eigenvalue weighted by Gasteiger charge is 2.25. The maximum atomic E-state index is 4.45. The van der Waals surface area contributed by atoms with Crippen molar-refractivity contribution in [3.05, 3.63) is 52.1 Å². The monoisotopic (exact) mass is 312 g/mol. The van der Waals surface area contributed by atoms with Crippen LogP contribution in [0.15, 0.2) is 36.5 Å². The van der Waals surface area contributed by atoms with Gasteiger partial charge in [0, 0.05) is 35.0 Å². The van der Waals surface area contributed by atoms with Crippen LogP contribution in [0.3, 0.4) is 0 Å². The molecule has 4 heterocycles. The second-order valence-corrected chi connectivity index (χ2v) is 7.45. The Balaban J connectivity index is 1.53. The molecule has 3 aromatic rings. The van der Waals surface area contributed by atoms with Gasteiger partial charge in [-0.15, -0.1) is 21.5 Å². The zero-order chi connectivity index (χ0) is 14.9. The highest BCUT2D eigenvalue weighted by molar-refractivity contribution is 7.11. The maximum Gasteiger partial charge on any atom is 0.160 e. The largest absolute Gasteiger partial charge is 0.298 e. The van der Waals surface area contributed by atoms with E-state index in [1.165, 1.54) is 29.1 Å². The molecule has 1 saturated heterocycles. The van der Waals surface area contributed by atoms with Crippen molar-refractivity contribution in [1.82, 2.24) is 19.5 Å². The summed E-state index contributed by atoms with van der Waals surface area (Å²) in [6.07, 6.45) is 4.51. The predicted octanol–water partition coefficient (Wildman–Crippen LogP) is 3.48. The Morgan fingerprint density at radius 2 is 2.18 bits per heavy atom. The van der Waals surface area contributed by atoms with E-state index >= 15 is 0 Å². The minimum Gasteiger partial charge on any atom is -0.298 e. The van der Waals surface area contributed by atoms with Gasteiger partial charge in [0.05, 0.1) is 0 Å². The van der Waals surface area contributed by atoms with Crippen LogP contribution in [0.25, 0.3) is 5.65 Å². The molecular formula is C17H20N4S. The third-order valence-electron chi connectivity index (χ3n) is 4.39. The van der Waals surface area contributed by atoms with Crippen molar-refractivity contribution in [3.63, 3.8) is 0 Å². The Kier molecular flexibility index (Phi) is 3.68. The maximum absolute atomic E-state index is 4.45. The van der Waals surface area contributed by atoms with Crippen LogP contribution in [0.4, 0.5) is 0 Å². The number of hydrogen-bond acceptors (Lipinski definition) is 4. The number of fused-ring (bicyclic) bond motifs is 1. The third kappa shape index (κ3) is 2.66. The van der Waals surface area contributed by atoms with Crippen LogP contribution in [0.1, 0.15) is 34.3 Å². The molecule has 0 aromatic carbocycles. The molecule has 1 atom stereocenters. The lowest BCUT2D eigenvalue weighted by atomic mass is 9.97. The molecular weight excluding hydrogens is 292 g/mol. The van der Waals surface area contributed by atoms with E-state index in [1.54, 1.807) is 0 Å². The molecule has 0 amide bonds. The van der Waals surface area contributed by atoms with Crippen molar-refractivity contribution >= 4 is 17.0 Å². The Labute approximate surface area is 134 Å². The van der Waals surface area contributed by atoms with Gasteiger partial charge < -0.3 is 0 Å². The first-order chi connectivity index (χ1) is 10.8. The number of piperidine rings is 1. The summed E-state index contributed by atoms with van der Waals surface area (Å²) in [5, 5.41) is 8.76. The van der Waals surface area contributed by atoms with E-state index in [4.69, 9.17) is 0 Å². The van der Waals surface area contributed by atoms with Gasteiger partial charge in [-0.25, -0.2) is 0 Å². The van der Waals surface area contributed by atoms with Gasteiger partial charge in [0.1, 0.15) is 5.82 Å². The number of aryl methyl sites for hydroxylation is 1. The average molecular weight is 312 g/mol. The molecule has 0 N–H and O–H groups in total. The van der Waals surface area contributed by atoms with E-state index in [1.807, 2.05) is 23.5 Å².